The Morgan fingerprint density at radius 3 is 1.75 bits per heavy atom. The fourth-order valence-electron chi connectivity index (χ4n) is 10.5. The first kappa shape index (κ1) is 29.2. The first-order valence-corrected chi connectivity index (χ1v) is 19.0. The second-order valence-corrected chi connectivity index (χ2v) is 15.0. The van der Waals surface area contributed by atoms with Gasteiger partial charge in [0.15, 0.2) is 0 Å². The smallest absolute Gasteiger partial charge is 0.0746 e. The minimum absolute atomic E-state index is 0.438. The number of aromatic nitrogens is 1. The molecule has 0 N–H and O–H groups in total. The van der Waals surface area contributed by atoms with Crippen LogP contribution < -0.4 is 0 Å². The van der Waals surface area contributed by atoms with Crippen LogP contribution in [0.2, 0.25) is 0 Å². The van der Waals surface area contributed by atoms with E-state index in [9.17, 15) is 0 Å². The Bertz CT molecular complexity index is 2910. The van der Waals surface area contributed by atoms with E-state index in [1.54, 1.807) is 0 Å². The summed E-state index contributed by atoms with van der Waals surface area (Å²) in [6, 6.07) is 66.4. The number of hydrogen-bond acceptors (Lipinski definition) is 0. The first-order chi connectivity index (χ1) is 26.3. The lowest BCUT2D eigenvalue weighted by Crippen LogP contribution is -2.26. The van der Waals surface area contributed by atoms with Gasteiger partial charge in [-0.2, -0.15) is 0 Å². The molecular weight excluding hydrogens is 639 g/mol. The number of benzene rings is 8. The predicted octanol–water partition coefficient (Wildman–Crippen LogP) is 12.9. The molecule has 0 amide bonds. The molecule has 3 aliphatic rings. The van der Waals surface area contributed by atoms with Gasteiger partial charge in [-0.25, -0.2) is 0 Å². The summed E-state index contributed by atoms with van der Waals surface area (Å²) >= 11 is 0. The number of fused-ring (bicyclic) bond motifs is 17. The third-order valence-electron chi connectivity index (χ3n) is 12.6. The zero-order chi connectivity index (χ0) is 34.7. The zero-order valence-electron chi connectivity index (χ0n) is 29.3. The lowest BCUT2D eigenvalue weighted by atomic mass is 9.70. The van der Waals surface area contributed by atoms with Crippen LogP contribution in [0.3, 0.4) is 0 Å². The molecule has 1 spiro atoms. The van der Waals surface area contributed by atoms with Gasteiger partial charge in [0.2, 0.25) is 0 Å². The summed E-state index contributed by atoms with van der Waals surface area (Å²) in [7, 11) is 0. The highest BCUT2D eigenvalue weighted by molar-refractivity contribution is 6.15. The van der Waals surface area contributed by atoms with Crippen molar-refractivity contribution in [3.63, 3.8) is 0 Å². The van der Waals surface area contributed by atoms with Crippen molar-refractivity contribution in [3.05, 3.63) is 209 Å². The lowest BCUT2D eigenvalue weighted by molar-refractivity contribution is 0.797. The molecule has 8 aromatic carbocycles. The predicted molar refractivity (Wildman–Crippen MR) is 220 cm³/mol. The molecule has 0 radical (unpaired) electrons. The van der Waals surface area contributed by atoms with Crippen molar-refractivity contribution in [2.24, 2.45) is 0 Å². The van der Waals surface area contributed by atoms with Crippen molar-refractivity contribution >= 4 is 21.8 Å². The van der Waals surface area contributed by atoms with Crippen LogP contribution in [0.1, 0.15) is 39.8 Å². The Balaban J connectivity index is 1.21. The van der Waals surface area contributed by atoms with Crippen LogP contribution in [0.25, 0.3) is 72.0 Å². The molecule has 1 heteroatoms. The van der Waals surface area contributed by atoms with E-state index < -0.39 is 5.41 Å². The molecule has 0 unspecified atom stereocenters. The van der Waals surface area contributed by atoms with E-state index in [0.717, 1.165) is 19.3 Å². The highest BCUT2D eigenvalue weighted by Crippen LogP contribution is 2.64. The van der Waals surface area contributed by atoms with Crippen LogP contribution in [0.5, 0.6) is 0 Å². The van der Waals surface area contributed by atoms with Crippen LogP contribution in [-0.2, 0) is 18.3 Å². The van der Waals surface area contributed by atoms with Gasteiger partial charge in [0.05, 0.1) is 16.4 Å². The molecule has 0 saturated heterocycles. The van der Waals surface area contributed by atoms with Crippen LogP contribution in [0.4, 0.5) is 0 Å². The van der Waals surface area contributed by atoms with E-state index in [-0.39, 0.29) is 0 Å². The van der Waals surface area contributed by atoms with Gasteiger partial charge in [0.25, 0.3) is 0 Å². The molecule has 12 rings (SSSR count). The molecule has 0 aliphatic heterocycles. The summed E-state index contributed by atoms with van der Waals surface area (Å²) in [6.07, 6.45) is 3.36. The van der Waals surface area contributed by atoms with E-state index in [1.165, 1.54) is 105 Å². The van der Waals surface area contributed by atoms with Gasteiger partial charge >= 0.3 is 0 Å². The van der Waals surface area contributed by atoms with Gasteiger partial charge in [-0.15, -0.1) is 0 Å². The third kappa shape index (κ3) is 3.76. The second kappa shape index (κ2) is 10.8. The van der Waals surface area contributed by atoms with E-state index in [1.807, 2.05) is 0 Å². The van der Waals surface area contributed by atoms with Crippen molar-refractivity contribution in [1.29, 1.82) is 0 Å². The van der Waals surface area contributed by atoms with Crippen LogP contribution in [0, 0.1) is 0 Å². The number of para-hydroxylation sites is 1. The van der Waals surface area contributed by atoms with E-state index in [2.05, 4.69) is 180 Å². The number of aryl methyl sites for hydroxylation is 1. The summed E-state index contributed by atoms with van der Waals surface area (Å²) in [6.45, 7) is 0. The summed E-state index contributed by atoms with van der Waals surface area (Å²) < 4.78 is 2.56. The molecule has 0 atom stereocenters. The van der Waals surface area contributed by atoms with Crippen molar-refractivity contribution in [3.8, 4) is 50.2 Å². The topological polar surface area (TPSA) is 4.93 Å². The quantitative estimate of drug-likeness (QED) is 0.172. The van der Waals surface area contributed by atoms with Crippen molar-refractivity contribution < 1.29 is 0 Å². The van der Waals surface area contributed by atoms with Crippen molar-refractivity contribution in [1.82, 2.24) is 4.57 Å². The number of rotatable bonds is 2. The number of nitrogens with zero attached hydrogens (tertiary/aromatic N) is 1. The molecule has 1 nitrogen and oxygen atoms in total. The Morgan fingerprint density at radius 1 is 0.415 bits per heavy atom. The maximum atomic E-state index is 2.56. The first-order valence-electron chi connectivity index (χ1n) is 19.0. The van der Waals surface area contributed by atoms with Gasteiger partial charge in [0, 0.05) is 22.0 Å². The van der Waals surface area contributed by atoms with E-state index >= 15 is 0 Å². The molecule has 1 aromatic heterocycles. The minimum Gasteiger partial charge on any atom is -0.309 e. The Kier molecular flexibility index (Phi) is 5.94. The molecule has 0 saturated carbocycles. The average molecular weight is 674 g/mol. The Labute approximate surface area is 309 Å². The molecule has 248 valence electrons. The summed E-state index contributed by atoms with van der Waals surface area (Å²) in [5, 5.41) is 2.59. The fraction of sp³-hybridized carbons (Fsp3) is 0.0769. The van der Waals surface area contributed by atoms with Crippen molar-refractivity contribution in [2.75, 3.05) is 0 Å². The van der Waals surface area contributed by atoms with Gasteiger partial charge in [0.1, 0.15) is 0 Å². The highest BCUT2D eigenvalue weighted by atomic mass is 15.0. The second-order valence-electron chi connectivity index (χ2n) is 15.0. The van der Waals surface area contributed by atoms with Gasteiger partial charge in [-0.3, -0.25) is 0 Å². The molecule has 1 heterocycles. The molecule has 53 heavy (non-hydrogen) atoms. The van der Waals surface area contributed by atoms with Crippen molar-refractivity contribution in [2.45, 2.75) is 24.7 Å². The molecular formula is C52H35N. The molecule has 9 aromatic rings. The standard InChI is InChI=1S/C52H35N/c1-2-16-35(17-3-1)53-49-31-28-34(37-22-13-24-38-36-18-5-4-14-33(36)15-12-23-39(37)38)32-45(49)44-30-29-43-42-21-8-11-27-48(42)52(50(43)51(44)53)46-25-9-6-19-40(46)41-20-7-10-26-47(41)52/h1-11,13-14,16-22,24-32H,12,15,23H2. The SMILES string of the molecule is c1ccc(-n2c3ccc(-c4cccc5c4CCCc4ccccc4-5)cc3c3ccc4c(c32)C2(c3ccccc3-c3ccccc32)c2ccccc2-4)cc1. The highest BCUT2D eigenvalue weighted by Gasteiger charge is 2.53. The summed E-state index contributed by atoms with van der Waals surface area (Å²) in [5.41, 5.74) is 22.5. The molecule has 0 fully saturated rings. The Morgan fingerprint density at radius 2 is 1.02 bits per heavy atom. The average Bonchev–Trinajstić information content (AvgIpc) is 3.77. The van der Waals surface area contributed by atoms with Gasteiger partial charge in [-0.1, -0.05) is 152 Å². The largest absolute Gasteiger partial charge is 0.309 e. The maximum absolute atomic E-state index is 2.56. The molecule has 0 bridgehead atoms. The van der Waals surface area contributed by atoms with Crippen LogP contribution in [-0.4, -0.2) is 4.57 Å². The number of hydrogen-bond donors (Lipinski definition) is 0. The lowest BCUT2D eigenvalue weighted by Gasteiger charge is -2.31. The van der Waals surface area contributed by atoms with Gasteiger partial charge in [-0.05, 0) is 116 Å². The van der Waals surface area contributed by atoms with E-state index in [4.69, 9.17) is 0 Å². The third-order valence-corrected chi connectivity index (χ3v) is 12.6. The maximum Gasteiger partial charge on any atom is 0.0746 e. The Hall–Kier alpha value is -6.44. The van der Waals surface area contributed by atoms with Crippen LogP contribution >= 0.6 is 0 Å². The van der Waals surface area contributed by atoms with Gasteiger partial charge < -0.3 is 4.57 Å². The minimum atomic E-state index is -0.438. The fourth-order valence-corrected chi connectivity index (χ4v) is 10.5. The zero-order valence-corrected chi connectivity index (χ0v) is 29.3. The summed E-state index contributed by atoms with van der Waals surface area (Å²) in [4.78, 5) is 0. The van der Waals surface area contributed by atoms with E-state index in [0.29, 0.717) is 0 Å². The monoisotopic (exact) mass is 673 g/mol. The van der Waals surface area contributed by atoms with Crippen LogP contribution in [0.15, 0.2) is 176 Å². The normalized spacial score (nSPS) is 14.3. The summed E-state index contributed by atoms with van der Waals surface area (Å²) in [5.74, 6) is 0. The molecule has 3 aliphatic carbocycles.